The van der Waals surface area contributed by atoms with E-state index < -0.39 is 0 Å². The van der Waals surface area contributed by atoms with Crippen LogP contribution in [0.2, 0.25) is 0 Å². The second-order valence-electron chi connectivity index (χ2n) is 6.62. The number of carbonyl (C=O) groups excluding carboxylic acids is 1. The fourth-order valence-electron chi connectivity index (χ4n) is 2.72. The van der Waals surface area contributed by atoms with Crippen LogP contribution in [-0.2, 0) is 4.79 Å². The van der Waals surface area contributed by atoms with Crippen molar-refractivity contribution in [2.75, 3.05) is 26.2 Å². The minimum atomic E-state index is -0.109. The van der Waals surface area contributed by atoms with E-state index in [0.717, 1.165) is 19.5 Å². The van der Waals surface area contributed by atoms with E-state index >= 15 is 0 Å². The van der Waals surface area contributed by atoms with Crippen LogP contribution in [0.1, 0.15) is 53.4 Å². The van der Waals surface area contributed by atoms with Gasteiger partial charge in [0, 0.05) is 19.1 Å². The Morgan fingerprint density at radius 1 is 1.10 bits per heavy atom. The maximum Gasteiger partial charge on any atom is 0.236 e. The molecule has 2 unspecified atom stereocenters. The van der Waals surface area contributed by atoms with E-state index in [9.17, 15) is 4.79 Å². The molecule has 1 fully saturated rings. The van der Waals surface area contributed by atoms with Crippen molar-refractivity contribution >= 4 is 5.91 Å². The van der Waals surface area contributed by atoms with E-state index in [-0.39, 0.29) is 11.9 Å². The molecule has 2 atom stereocenters. The van der Waals surface area contributed by atoms with E-state index in [2.05, 4.69) is 36.3 Å². The summed E-state index contributed by atoms with van der Waals surface area (Å²) in [5.74, 6) is 0.757. The third-order valence-electron chi connectivity index (χ3n) is 3.93. The van der Waals surface area contributed by atoms with Crippen molar-refractivity contribution in [1.82, 2.24) is 15.5 Å². The fraction of sp³-hybridized carbons (Fsp3) is 0.938. The van der Waals surface area contributed by atoms with Crippen LogP contribution in [0.15, 0.2) is 0 Å². The molecule has 1 saturated heterocycles. The van der Waals surface area contributed by atoms with Crippen molar-refractivity contribution in [2.24, 2.45) is 5.92 Å². The molecule has 118 valence electrons. The van der Waals surface area contributed by atoms with Gasteiger partial charge in [0.2, 0.25) is 5.91 Å². The summed E-state index contributed by atoms with van der Waals surface area (Å²) < 4.78 is 0. The quantitative estimate of drug-likeness (QED) is 0.716. The van der Waals surface area contributed by atoms with Crippen LogP contribution in [0.3, 0.4) is 0 Å². The van der Waals surface area contributed by atoms with E-state index in [1.165, 1.54) is 32.4 Å². The summed E-state index contributed by atoms with van der Waals surface area (Å²) in [6, 6.07) is 0.251. The molecule has 1 aliphatic heterocycles. The first-order valence-corrected chi connectivity index (χ1v) is 8.25. The number of hydrogen-bond acceptors (Lipinski definition) is 3. The summed E-state index contributed by atoms with van der Waals surface area (Å²) >= 11 is 0. The maximum absolute atomic E-state index is 12.0. The molecule has 0 saturated carbocycles. The number of carbonyl (C=O) groups is 1. The second-order valence-corrected chi connectivity index (χ2v) is 6.62. The molecular weight excluding hydrogens is 250 g/mol. The number of piperidine rings is 1. The number of hydrogen-bond donors (Lipinski definition) is 2. The van der Waals surface area contributed by atoms with Gasteiger partial charge in [-0.05, 0) is 52.1 Å². The Hall–Kier alpha value is -0.610. The van der Waals surface area contributed by atoms with Gasteiger partial charge in [-0.2, -0.15) is 0 Å². The number of likely N-dealkylation sites (tertiary alicyclic amines) is 1. The molecule has 4 nitrogen and oxygen atoms in total. The van der Waals surface area contributed by atoms with Gasteiger partial charge in [-0.25, -0.2) is 0 Å². The van der Waals surface area contributed by atoms with Crippen LogP contribution in [0.4, 0.5) is 0 Å². The molecule has 0 aliphatic carbocycles. The molecular formula is C16H33N3O. The summed E-state index contributed by atoms with van der Waals surface area (Å²) in [7, 11) is 0. The smallest absolute Gasteiger partial charge is 0.236 e. The van der Waals surface area contributed by atoms with Crippen LogP contribution in [0.5, 0.6) is 0 Å². The molecule has 0 radical (unpaired) electrons. The molecule has 0 aromatic heterocycles. The first-order chi connectivity index (χ1) is 9.49. The van der Waals surface area contributed by atoms with Crippen molar-refractivity contribution in [3.05, 3.63) is 0 Å². The monoisotopic (exact) mass is 283 g/mol. The molecule has 0 aromatic rings. The summed E-state index contributed by atoms with van der Waals surface area (Å²) in [5, 5.41) is 6.42. The SMILES string of the molecule is CC(C)CCNC(=O)C(C)NC(C)CN1CCCCC1. The number of nitrogens with one attached hydrogen (secondary N) is 2. The zero-order valence-corrected chi connectivity index (χ0v) is 13.7. The van der Waals surface area contributed by atoms with Gasteiger partial charge in [-0.1, -0.05) is 20.3 Å². The van der Waals surface area contributed by atoms with Gasteiger partial charge < -0.3 is 15.5 Å². The highest BCUT2D eigenvalue weighted by Gasteiger charge is 2.18. The largest absolute Gasteiger partial charge is 0.355 e. The van der Waals surface area contributed by atoms with Gasteiger partial charge in [0.25, 0.3) is 0 Å². The Bertz CT molecular complexity index is 275. The Balaban J connectivity index is 2.18. The number of amides is 1. The van der Waals surface area contributed by atoms with Crippen molar-refractivity contribution in [3.8, 4) is 0 Å². The van der Waals surface area contributed by atoms with Gasteiger partial charge in [-0.3, -0.25) is 4.79 Å². The topological polar surface area (TPSA) is 44.4 Å². The van der Waals surface area contributed by atoms with E-state index in [1.54, 1.807) is 0 Å². The van der Waals surface area contributed by atoms with E-state index in [0.29, 0.717) is 12.0 Å². The van der Waals surface area contributed by atoms with Gasteiger partial charge in [-0.15, -0.1) is 0 Å². The first kappa shape index (κ1) is 17.4. The standard InChI is InChI=1S/C16H33N3O/c1-13(2)8-9-17-16(20)15(4)18-14(3)12-19-10-6-5-7-11-19/h13-15,18H,5-12H2,1-4H3,(H,17,20). The minimum absolute atomic E-state index is 0.109. The van der Waals surface area contributed by atoms with Crippen LogP contribution < -0.4 is 10.6 Å². The van der Waals surface area contributed by atoms with Crippen LogP contribution in [0, 0.1) is 5.92 Å². The average molecular weight is 283 g/mol. The predicted octanol–water partition coefficient (Wildman–Crippen LogP) is 2.00. The lowest BCUT2D eigenvalue weighted by atomic mass is 10.1. The number of nitrogens with zero attached hydrogens (tertiary/aromatic N) is 1. The third kappa shape index (κ3) is 7.25. The summed E-state index contributed by atoms with van der Waals surface area (Å²) in [5.41, 5.74) is 0. The summed E-state index contributed by atoms with van der Waals surface area (Å²) in [6.45, 7) is 12.7. The molecule has 20 heavy (non-hydrogen) atoms. The molecule has 2 N–H and O–H groups in total. The van der Waals surface area contributed by atoms with Crippen LogP contribution in [0.25, 0.3) is 0 Å². The molecule has 0 aromatic carbocycles. The molecule has 0 spiro atoms. The van der Waals surface area contributed by atoms with Crippen molar-refractivity contribution in [3.63, 3.8) is 0 Å². The molecule has 1 amide bonds. The predicted molar refractivity (Wildman–Crippen MR) is 84.8 cm³/mol. The fourth-order valence-corrected chi connectivity index (χ4v) is 2.72. The normalized spacial score (nSPS) is 19.9. The molecule has 1 aliphatic rings. The zero-order valence-electron chi connectivity index (χ0n) is 13.7. The minimum Gasteiger partial charge on any atom is -0.355 e. The molecule has 0 bridgehead atoms. The van der Waals surface area contributed by atoms with Crippen LogP contribution in [-0.4, -0.2) is 49.1 Å². The van der Waals surface area contributed by atoms with E-state index in [1.807, 2.05) is 6.92 Å². The van der Waals surface area contributed by atoms with Gasteiger partial charge in [0.1, 0.15) is 0 Å². The van der Waals surface area contributed by atoms with E-state index in [4.69, 9.17) is 0 Å². The van der Waals surface area contributed by atoms with Crippen LogP contribution >= 0.6 is 0 Å². The highest BCUT2D eigenvalue weighted by molar-refractivity contribution is 5.81. The highest BCUT2D eigenvalue weighted by atomic mass is 16.2. The molecule has 4 heteroatoms. The van der Waals surface area contributed by atoms with Gasteiger partial charge >= 0.3 is 0 Å². The molecule has 1 rings (SSSR count). The van der Waals surface area contributed by atoms with Crippen molar-refractivity contribution in [2.45, 2.75) is 65.5 Å². The Morgan fingerprint density at radius 3 is 2.35 bits per heavy atom. The average Bonchev–Trinajstić information content (AvgIpc) is 2.39. The lowest BCUT2D eigenvalue weighted by Gasteiger charge is -2.30. The Labute approximate surface area is 124 Å². The zero-order chi connectivity index (χ0) is 15.0. The summed E-state index contributed by atoms with van der Waals surface area (Å²) in [6.07, 6.45) is 5.05. The van der Waals surface area contributed by atoms with Crippen molar-refractivity contribution < 1.29 is 4.79 Å². The molecule has 1 heterocycles. The van der Waals surface area contributed by atoms with Crippen molar-refractivity contribution in [1.29, 1.82) is 0 Å². The Morgan fingerprint density at radius 2 is 1.75 bits per heavy atom. The lowest BCUT2D eigenvalue weighted by Crippen LogP contribution is -2.50. The third-order valence-corrected chi connectivity index (χ3v) is 3.93. The maximum atomic E-state index is 12.0. The first-order valence-electron chi connectivity index (χ1n) is 8.25. The van der Waals surface area contributed by atoms with Gasteiger partial charge in [0.15, 0.2) is 0 Å². The lowest BCUT2D eigenvalue weighted by molar-refractivity contribution is -0.123. The van der Waals surface area contributed by atoms with Gasteiger partial charge in [0.05, 0.1) is 6.04 Å². The number of rotatable bonds is 8. The highest BCUT2D eigenvalue weighted by Crippen LogP contribution is 2.08. The Kier molecular flexibility index (Phi) is 8.15. The summed E-state index contributed by atoms with van der Waals surface area (Å²) in [4.78, 5) is 14.5. The second kappa shape index (κ2) is 9.35.